The van der Waals surface area contributed by atoms with Crippen molar-refractivity contribution in [1.82, 2.24) is 10.2 Å². The Kier molecular flexibility index (Phi) is 3.74. The Labute approximate surface area is 126 Å². The summed E-state index contributed by atoms with van der Waals surface area (Å²) in [5, 5.41) is 5.93. The number of anilines is 1. The van der Waals surface area contributed by atoms with Crippen molar-refractivity contribution in [2.75, 3.05) is 38.2 Å². The fraction of sp³-hybridized carbons (Fsp3) is 0.385. The second kappa shape index (κ2) is 5.69. The van der Waals surface area contributed by atoms with Gasteiger partial charge in [0, 0.05) is 25.2 Å². The molecule has 0 spiro atoms. The van der Waals surface area contributed by atoms with Crippen LogP contribution in [0.2, 0.25) is 5.02 Å². The minimum absolute atomic E-state index is 0.0210. The zero-order chi connectivity index (χ0) is 14.8. The van der Waals surface area contributed by atoms with E-state index in [4.69, 9.17) is 21.1 Å². The molecule has 1 aromatic rings. The van der Waals surface area contributed by atoms with Crippen molar-refractivity contribution >= 4 is 29.2 Å². The largest absolute Gasteiger partial charge is 0.486 e. The van der Waals surface area contributed by atoms with Gasteiger partial charge in [0.1, 0.15) is 13.2 Å². The molecule has 2 aliphatic heterocycles. The number of rotatable bonds is 3. The van der Waals surface area contributed by atoms with Gasteiger partial charge in [-0.15, -0.1) is 0 Å². The predicted octanol–water partition coefficient (Wildman–Crippen LogP) is 1.07. The van der Waals surface area contributed by atoms with E-state index in [1.807, 2.05) is 0 Å². The van der Waals surface area contributed by atoms with Gasteiger partial charge in [-0.1, -0.05) is 11.6 Å². The van der Waals surface area contributed by atoms with Crippen LogP contribution in [-0.4, -0.2) is 49.7 Å². The van der Waals surface area contributed by atoms with E-state index in [-0.39, 0.29) is 18.5 Å². The predicted molar refractivity (Wildman–Crippen MR) is 76.0 cm³/mol. The highest BCUT2D eigenvalue weighted by molar-refractivity contribution is 6.33. The van der Waals surface area contributed by atoms with Gasteiger partial charge in [-0.2, -0.15) is 0 Å². The summed E-state index contributed by atoms with van der Waals surface area (Å²) in [6.07, 6.45) is 0. The zero-order valence-corrected chi connectivity index (χ0v) is 11.9. The third-order valence-electron chi connectivity index (χ3n) is 3.22. The number of carbonyl (C=O) groups is 2. The summed E-state index contributed by atoms with van der Waals surface area (Å²) in [6, 6.07) is 2.97. The van der Waals surface area contributed by atoms with E-state index in [1.165, 1.54) is 4.90 Å². The maximum absolute atomic E-state index is 11.9. The van der Waals surface area contributed by atoms with Gasteiger partial charge >= 0.3 is 6.03 Å². The van der Waals surface area contributed by atoms with Crippen LogP contribution in [0.4, 0.5) is 10.5 Å². The number of hydrogen-bond acceptors (Lipinski definition) is 5. The number of benzene rings is 1. The molecule has 7 nitrogen and oxygen atoms in total. The van der Waals surface area contributed by atoms with Crippen molar-refractivity contribution in [1.29, 1.82) is 0 Å². The summed E-state index contributed by atoms with van der Waals surface area (Å²) in [5.74, 6) is 0.859. The summed E-state index contributed by atoms with van der Waals surface area (Å²) in [6.45, 7) is 1.80. The Hall–Kier alpha value is -2.15. The van der Waals surface area contributed by atoms with Gasteiger partial charge in [0.15, 0.2) is 11.5 Å². The van der Waals surface area contributed by atoms with E-state index in [0.29, 0.717) is 48.5 Å². The average molecular weight is 312 g/mol. The molecule has 112 valence electrons. The van der Waals surface area contributed by atoms with Crippen LogP contribution in [-0.2, 0) is 4.79 Å². The molecule has 1 aromatic carbocycles. The van der Waals surface area contributed by atoms with E-state index in [1.54, 1.807) is 12.1 Å². The molecule has 0 radical (unpaired) electrons. The molecule has 0 aliphatic carbocycles. The first-order valence-corrected chi connectivity index (χ1v) is 6.94. The third kappa shape index (κ3) is 2.82. The van der Waals surface area contributed by atoms with Crippen LogP contribution in [0, 0.1) is 0 Å². The van der Waals surface area contributed by atoms with Gasteiger partial charge in [-0.05, 0) is 0 Å². The SMILES string of the molecule is O=C(CNc1cc2c(cc1Cl)OCCO2)N1CCNC1=O. The van der Waals surface area contributed by atoms with Crippen LogP contribution in [0.5, 0.6) is 11.5 Å². The van der Waals surface area contributed by atoms with E-state index in [9.17, 15) is 9.59 Å². The molecule has 0 atom stereocenters. The molecular weight excluding hydrogens is 298 g/mol. The van der Waals surface area contributed by atoms with Crippen LogP contribution < -0.4 is 20.1 Å². The first-order chi connectivity index (χ1) is 10.1. The molecule has 3 amide bonds. The van der Waals surface area contributed by atoms with Crippen molar-refractivity contribution < 1.29 is 19.1 Å². The summed E-state index contributed by atoms with van der Waals surface area (Å²) in [7, 11) is 0. The fourth-order valence-electron chi connectivity index (χ4n) is 2.18. The summed E-state index contributed by atoms with van der Waals surface area (Å²) in [5.41, 5.74) is 0.564. The lowest BCUT2D eigenvalue weighted by molar-refractivity contribution is -0.125. The molecule has 3 rings (SSSR count). The Morgan fingerprint density at radius 2 is 2.05 bits per heavy atom. The first-order valence-electron chi connectivity index (χ1n) is 6.56. The van der Waals surface area contributed by atoms with Gasteiger partial charge in [0.25, 0.3) is 0 Å². The molecule has 0 unspecified atom stereocenters. The highest BCUT2D eigenvalue weighted by Crippen LogP contribution is 2.37. The van der Waals surface area contributed by atoms with Gasteiger partial charge < -0.3 is 20.1 Å². The second-order valence-corrected chi connectivity index (χ2v) is 5.01. The fourth-order valence-corrected chi connectivity index (χ4v) is 2.40. The van der Waals surface area contributed by atoms with Crippen molar-refractivity contribution in [3.63, 3.8) is 0 Å². The van der Waals surface area contributed by atoms with Gasteiger partial charge in [-0.3, -0.25) is 9.69 Å². The van der Waals surface area contributed by atoms with Crippen LogP contribution in [0.1, 0.15) is 0 Å². The average Bonchev–Trinajstić information content (AvgIpc) is 2.91. The second-order valence-electron chi connectivity index (χ2n) is 4.61. The van der Waals surface area contributed by atoms with Crippen LogP contribution >= 0.6 is 11.6 Å². The Morgan fingerprint density at radius 1 is 1.33 bits per heavy atom. The Bertz CT molecular complexity index is 593. The van der Waals surface area contributed by atoms with Crippen molar-refractivity contribution in [3.8, 4) is 11.5 Å². The molecule has 21 heavy (non-hydrogen) atoms. The Morgan fingerprint density at radius 3 is 2.71 bits per heavy atom. The number of imide groups is 1. The van der Waals surface area contributed by atoms with Crippen LogP contribution in [0.15, 0.2) is 12.1 Å². The number of halogens is 1. The minimum atomic E-state index is -0.366. The monoisotopic (exact) mass is 311 g/mol. The smallest absolute Gasteiger partial charge is 0.324 e. The number of fused-ring (bicyclic) bond motifs is 1. The number of nitrogens with zero attached hydrogens (tertiary/aromatic N) is 1. The minimum Gasteiger partial charge on any atom is -0.486 e. The topological polar surface area (TPSA) is 79.9 Å². The molecular formula is C13H14ClN3O4. The molecule has 2 aliphatic rings. The van der Waals surface area contributed by atoms with Gasteiger partial charge in [-0.25, -0.2) is 4.79 Å². The molecule has 0 bridgehead atoms. The summed E-state index contributed by atoms with van der Waals surface area (Å²) < 4.78 is 10.9. The van der Waals surface area contributed by atoms with Crippen LogP contribution in [0.25, 0.3) is 0 Å². The number of hydrogen-bond donors (Lipinski definition) is 2. The molecule has 0 aromatic heterocycles. The quantitative estimate of drug-likeness (QED) is 0.873. The highest BCUT2D eigenvalue weighted by atomic mass is 35.5. The van der Waals surface area contributed by atoms with Crippen molar-refractivity contribution in [2.24, 2.45) is 0 Å². The molecule has 1 fully saturated rings. The normalized spacial score (nSPS) is 16.6. The van der Waals surface area contributed by atoms with E-state index >= 15 is 0 Å². The van der Waals surface area contributed by atoms with Crippen LogP contribution in [0.3, 0.4) is 0 Å². The number of amides is 3. The van der Waals surface area contributed by atoms with Crippen molar-refractivity contribution in [3.05, 3.63) is 17.2 Å². The van der Waals surface area contributed by atoms with E-state index in [0.717, 1.165) is 0 Å². The number of nitrogens with one attached hydrogen (secondary N) is 2. The van der Waals surface area contributed by atoms with Gasteiger partial charge in [0.2, 0.25) is 5.91 Å². The number of ether oxygens (including phenoxy) is 2. The van der Waals surface area contributed by atoms with Crippen molar-refractivity contribution in [2.45, 2.75) is 0 Å². The summed E-state index contributed by atoms with van der Waals surface area (Å²) >= 11 is 6.13. The third-order valence-corrected chi connectivity index (χ3v) is 3.53. The molecule has 2 N–H and O–H groups in total. The Balaban J connectivity index is 1.67. The standard InChI is InChI=1S/C13H14ClN3O4/c14-8-5-10-11(21-4-3-20-10)6-9(8)16-7-12(18)17-2-1-15-13(17)19/h5-6,16H,1-4,7H2,(H,15,19). The first kappa shape index (κ1) is 13.8. The maximum Gasteiger partial charge on any atom is 0.324 e. The molecule has 8 heteroatoms. The summed E-state index contributed by atoms with van der Waals surface area (Å²) in [4.78, 5) is 24.5. The molecule has 0 saturated carbocycles. The van der Waals surface area contributed by atoms with Gasteiger partial charge in [0.05, 0.1) is 17.3 Å². The molecule has 1 saturated heterocycles. The lowest BCUT2D eigenvalue weighted by Crippen LogP contribution is -2.38. The number of carbonyl (C=O) groups excluding carboxylic acids is 2. The maximum atomic E-state index is 11.9. The highest BCUT2D eigenvalue weighted by Gasteiger charge is 2.26. The number of urea groups is 1. The lowest BCUT2D eigenvalue weighted by atomic mass is 10.2. The zero-order valence-electron chi connectivity index (χ0n) is 11.1. The van der Waals surface area contributed by atoms with E-state index in [2.05, 4.69) is 10.6 Å². The lowest BCUT2D eigenvalue weighted by Gasteiger charge is -2.20. The van der Waals surface area contributed by atoms with E-state index < -0.39 is 0 Å². The molecule has 2 heterocycles.